The first kappa shape index (κ1) is 25.4. The van der Waals surface area contributed by atoms with E-state index in [4.69, 9.17) is 0 Å². The maximum Gasteiger partial charge on any atom is 0.242 e. The van der Waals surface area contributed by atoms with Crippen molar-refractivity contribution in [3.63, 3.8) is 0 Å². The van der Waals surface area contributed by atoms with Gasteiger partial charge in [0.25, 0.3) is 0 Å². The molecule has 2 atom stereocenters. The standard InChI is InChI=1S/C21H31BrN4O4S2/c1-24(2)14-16-6-3-4-12-26(16)20(27)15-25-11-5-7-18(21(25)28)23-32(29,30)13-10-17-8-9-19(22)31-17/h8-10,13,16,18,23H,3-7,11-12,14-15H2,1-2H3/b13-10+. The van der Waals surface area contributed by atoms with Gasteiger partial charge in [-0.15, -0.1) is 11.3 Å². The zero-order chi connectivity index (χ0) is 23.3. The number of hydrogen-bond donors (Lipinski definition) is 1. The van der Waals surface area contributed by atoms with Gasteiger partial charge in [0.1, 0.15) is 6.04 Å². The van der Waals surface area contributed by atoms with E-state index in [1.165, 1.54) is 22.3 Å². The van der Waals surface area contributed by atoms with Crippen molar-refractivity contribution in [2.45, 2.75) is 44.2 Å². The Labute approximate surface area is 202 Å². The number of nitrogens with one attached hydrogen (secondary N) is 1. The van der Waals surface area contributed by atoms with Crippen LogP contribution in [0.4, 0.5) is 0 Å². The van der Waals surface area contributed by atoms with Crippen LogP contribution in [0.5, 0.6) is 0 Å². The summed E-state index contributed by atoms with van der Waals surface area (Å²) in [5.74, 6) is -0.391. The minimum Gasteiger partial charge on any atom is -0.337 e. The number of carbonyl (C=O) groups excluding carboxylic acids is 2. The summed E-state index contributed by atoms with van der Waals surface area (Å²) in [7, 11) is 0.203. The molecular weight excluding hydrogens is 516 g/mol. The van der Waals surface area contributed by atoms with E-state index < -0.39 is 16.1 Å². The molecule has 2 unspecified atom stereocenters. The van der Waals surface area contributed by atoms with Gasteiger partial charge >= 0.3 is 0 Å². The Kier molecular flexibility index (Phi) is 8.90. The number of piperidine rings is 2. The third-order valence-electron chi connectivity index (χ3n) is 5.69. The maximum atomic E-state index is 13.0. The van der Waals surface area contributed by atoms with Gasteiger partial charge in [0, 0.05) is 36.0 Å². The molecule has 1 aromatic heterocycles. The molecule has 0 radical (unpaired) electrons. The Hall–Kier alpha value is -1.27. The lowest BCUT2D eigenvalue weighted by atomic mass is 10.0. The van der Waals surface area contributed by atoms with Gasteiger partial charge in [-0.1, -0.05) is 0 Å². The number of likely N-dealkylation sites (N-methyl/N-ethyl adjacent to an activating group) is 1. The molecule has 8 nitrogen and oxygen atoms in total. The smallest absolute Gasteiger partial charge is 0.242 e. The van der Waals surface area contributed by atoms with Crippen molar-refractivity contribution in [3.8, 4) is 0 Å². The van der Waals surface area contributed by atoms with E-state index in [-0.39, 0.29) is 24.4 Å². The van der Waals surface area contributed by atoms with Crippen LogP contribution in [0.25, 0.3) is 6.08 Å². The first-order valence-corrected chi connectivity index (χ1v) is 14.0. The minimum absolute atomic E-state index is 0.0000506. The summed E-state index contributed by atoms with van der Waals surface area (Å²) in [6, 6.07) is 2.96. The number of amides is 2. The fourth-order valence-corrected chi connectivity index (χ4v) is 6.65. The summed E-state index contributed by atoms with van der Waals surface area (Å²) >= 11 is 4.76. The third-order valence-corrected chi connectivity index (χ3v) is 8.39. The highest BCUT2D eigenvalue weighted by atomic mass is 79.9. The largest absolute Gasteiger partial charge is 0.337 e. The van der Waals surface area contributed by atoms with E-state index in [1.54, 1.807) is 0 Å². The van der Waals surface area contributed by atoms with E-state index in [2.05, 4.69) is 25.6 Å². The van der Waals surface area contributed by atoms with Crippen LogP contribution in [-0.2, 0) is 19.6 Å². The molecule has 1 aromatic rings. The zero-order valence-corrected chi connectivity index (χ0v) is 21.7. The van der Waals surface area contributed by atoms with E-state index in [0.717, 1.165) is 39.9 Å². The first-order valence-electron chi connectivity index (χ1n) is 10.8. The Morgan fingerprint density at radius 1 is 1.25 bits per heavy atom. The Bertz CT molecular complexity index is 947. The van der Waals surface area contributed by atoms with Crippen molar-refractivity contribution >= 4 is 55.2 Å². The molecule has 0 bridgehead atoms. The van der Waals surface area contributed by atoms with Gasteiger partial charge in [0.2, 0.25) is 21.8 Å². The molecular formula is C21H31BrN4O4S2. The molecule has 2 saturated heterocycles. The summed E-state index contributed by atoms with van der Waals surface area (Å²) in [6.07, 6.45) is 5.62. The van der Waals surface area contributed by atoms with Crippen LogP contribution in [0.2, 0.25) is 0 Å². The summed E-state index contributed by atoms with van der Waals surface area (Å²) < 4.78 is 28.4. The van der Waals surface area contributed by atoms with E-state index >= 15 is 0 Å². The van der Waals surface area contributed by atoms with Crippen LogP contribution in [0.3, 0.4) is 0 Å². The lowest BCUT2D eigenvalue weighted by Crippen LogP contribution is -2.56. The molecule has 2 aliphatic rings. The molecule has 2 amide bonds. The number of rotatable bonds is 8. The Morgan fingerprint density at radius 3 is 2.72 bits per heavy atom. The topological polar surface area (TPSA) is 90.0 Å². The van der Waals surface area contributed by atoms with Crippen molar-refractivity contribution in [1.82, 2.24) is 19.4 Å². The van der Waals surface area contributed by atoms with Gasteiger partial charge in [-0.3, -0.25) is 9.59 Å². The number of likely N-dealkylation sites (tertiary alicyclic amines) is 2. The second-order valence-electron chi connectivity index (χ2n) is 8.56. The van der Waals surface area contributed by atoms with Crippen LogP contribution < -0.4 is 4.72 Å². The average molecular weight is 548 g/mol. The summed E-state index contributed by atoms with van der Waals surface area (Å²) in [4.78, 5) is 32.2. The normalized spacial score (nSPS) is 22.8. The monoisotopic (exact) mass is 546 g/mol. The third kappa shape index (κ3) is 7.11. The van der Waals surface area contributed by atoms with Gasteiger partial charge in [-0.2, -0.15) is 4.72 Å². The molecule has 32 heavy (non-hydrogen) atoms. The lowest BCUT2D eigenvalue weighted by molar-refractivity contribution is -0.145. The molecule has 0 aromatic carbocycles. The maximum absolute atomic E-state index is 13.0. The quantitative estimate of drug-likeness (QED) is 0.540. The van der Waals surface area contributed by atoms with Gasteiger partial charge in [-0.05, 0) is 80.3 Å². The fraction of sp³-hybridized carbons (Fsp3) is 0.619. The molecule has 2 fully saturated rings. The van der Waals surface area contributed by atoms with Crippen molar-refractivity contribution in [2.24, 2.45) is 0 Å². The second kappa shape index (κ2) is 11.2. The van der Waals surface area contributed by atoms with E-state index in [1.807, 2.05) is 31.1 Å². The van der Waals surface area contributed by atoms with Crippen LogP contribution in [0.1, 0.15) is 37.0 Å². The van der Waals surface area contributed by atoms with Gasteiger partial charge in [0.05, 0.1) is 10.3 Å². The highest BCUT2D eigenvalue weighted by Crippen LogP contribution is 2.23. The number of halogens is 1. The van der Waals surface area contributed by atoms with Crippen molar-refractivity contribution in [3.05, 3.63) is 26.2 Å². The molecule has 0 saturated carbocycles. The summed E-state index contributed by atoms with van der Waals surface area (Å²) in [5, 5.41) is 1.09. The van der Waals surface area contributed by atoms with Gasteiger partial charge in [-0.25, -0.2) is 8.42 Å². The zero-order valence-electron chi connectivity index (χ0n) is 18.5. The van der Waals surface area contributed by atoms with E-state index in [9.17, 15) is 18.0 Å². The second-order valence-corrected chi connectivity index (χ2v) is 12.7. The molecule has 3 heterocycles. The van der Waals surface area contributed by atoms with Crippen LogP contribution in [0.15, 0.2) is 21.3 Å². The van der Waals surface area contributed by atoms with Crippen LogP contribution in [-0.4, -0.2) is 87.3 Å². The van der Waals surface area contributed by atoms with Crippen molar-refractivity contribution < 1.29 is 18.0 Å². The SMILES string of the molecule is CN(C)CC1CCCCN1C(=O)CN1CCCC(NS(=O)(=O)/C=C/c2ccc(Br)s2)C1=O. The van der Waals surface area contributed by atoms with Gasteiger partial charge in [0.15, 0.2) is 0 Å². The Morgan fingerprint density at radius 2 is 2.03 bits per heavy atom. The molecule has 3 rings (SSSR count). The van der Waals surface area contributed by atoms with Crippen LogP contribution in [0, 0.1) is 0 Å². The van der Waals surface area contributed by atoms with Crippen molar-refractivity contribution in [1.29, 1.82) is 0 Å². The fourth-order valence-electron chi connectivity index (χ4n) is 4.21. The first-order chi connectivity index (χ1) is 15.1. The molecule has 178 valence electrons. The molecule has 0 aliphatic carbocycles. The molecule has 2 aliphatic heterocycles. The number of carbonyl (C=O) groups is 2. The minimum atomic E-state index is -3.79. The lowest BCUT2D eigenvalue weighted by Gasteiger charge is -2.39. The average Bonchev–Trinajstić information content (AvgIpc) is 3.15. The predicted octanol–water partition coefficient (Wildman–Crippen LogP) is 2.33. The number of nitrogens with zero attached hydrogens (tertiary/aromatic N) is 3. The molecule has 11 heteroatoms. The molecule has 0 spiro atoms. The summed E-state index contributed by atoms with van der Waals surface area (Å²) in [5.41, 5.74) is 0. The number of hydrogen-bond acceptors (Lipinski definition) is 6. The highest BCUT2D eigenvalue weighted by molar-refractivity contribution is 9.11. The summed E-state index contributed by atoms with van der Waals surface area (Å²) in [6.45, 7) is 1.97. The van der Waals surface area contributed by atoms with Crippen LogP contribution >= 0.6 is 27.3 Å². The highest BCUT2D eigenvalue weighted by Gasteiger charge is 2.34. The van der Waals surface area contributed by atoms with E-state index in [0.29, 0.717) is 25.9 Å². The van der Waals surface area contributed by atoms with Gasteiger partial charge < -0.3 is 14.7 Å². The van der Waals surface area contributed by atoms with Crippen molar-refractivity contribution in [2.75, 3.05) is 40.3 Å². The Balaban J connectivity index is 1.60. The predicted molar refractivity (Wildman–Crippen MR) is 131 cm³/mol. The number of thiophene rings is 1. The molecule has 1 N–H and O–H groups in total. The number of sulfonamides is 1.